The maximum atomic E-state index is 12.7. The van der Waals surface area contributed by atoms with Gasteiger partial charge in [0.1, 0.15) is 10.9 Å². The second-order valence-electron chi connectivity index (χ2n) is 6.94. The molecule has 0 saturated carbocycles. The SMILES string of the molecule is COC(=O)c1sc(NC(=O)C2CCN(c3oc(-c4ccco4)nc3C#N)CC2)nc1C. The number of aromatic nitrogens is 2. The number of thiazole rings is 1. The molecule has 0 atom stereocenters. The van der Waals surface area contributed by atoms with Crippen molar-refractivity contribution in [1.82, 2.24) is 9.97 Å². The van der Waals surface area contributed by atoms with Gasteiger partial charge in [0.05, 0.1) is 19.1 Å². The molecule has 0 spiro atoms. The Morgan fingerprint density at radius 1 is 1.35 bits per heavy atom. The van der Waals surface area contributed by atoms with Crippen LogP contribution in [0.15, 0.2) is 27.2 Å². The van der Waals surface area contributed by atoms with Crippen LogP contribution in [0.25, 0.3) is 11.7 Å². The Bertz CT molecular complexity index is 1140. The lowest BCUT2D eigenvalue weighted by Crippen LogP contribution is -2.38. The molecule has 0 aliphatic carbocycles. The predicted molar refractivity (Wildman–Crippen MR) is 111 cm³/mol. The fourth-order valence-corrected chi connectivity index (χ4v) is 4.28. The molecular weight excluding hydrogens is 422 g/mol. The number of nitrogens with one attached hydrogen (secondary N) is 1. The summed E-state index contributed by atoms with van der Waals surface area (Å²) < 4.78 is 15.8. The van der Waals surface area contributed by atoms with Crippen LogP contribution in [0.4, 0.5) is 11.0 Å². The van der Waals surface area contributed by atoms with E-state index in [0.717, 1.165) is 11.3 Å². The molecule has 160 valence electrons. The lowest BCUT2D eigenvalue weighted by atomic mass is 9.96. The number of amides is 1. The standard InChI is InChI=1S/C20H19N5O5S/c1-11-15(19(27)28-2)31-20(22-11)24-16(26)12-5-7-25(8-6-12)18-13(10-21)23-17(30-18)14-4-3-9-29-14/h3-4,9,12H,5-8H2,1-2H3,(H,22,24,26). The number of carbonyl (C=O) groups excluding carboxylic acids is 2. The molecule has 11 heteroatoms. The van der Waals surface area contributed by atoms with Crippen molar-refractivity contribution < 1.29 is 23.2 Å². The first-order valence-electron chi connectivity index (χ1n) is 9.56. The van der Waals surface area contributed by atoms with Crippen molar-refractivity contribution >= 4 is 34.2 Å². The summed E-state index contributed by atoms with van der Waals surface area (Å²) in [5.74, 6) is 0.224. The number of esters is 1. The van der Waals surface area contributed by atoms with Crippen LogP contribution in [-0.4, -0.2) is 42.0 Å². The monoisotopic (exact) mass is 441 g/mol. The van der Waals surface area contributed by atoms with Crippen LogP contribution < -0.4 is 10.2 Å². The van der Waals surface area contributed by atoms with Crippen LogP contribution in [0.3, 0.4) is 0 Å². The third-order valence-electron chi connectivity index (χ3n) is 5.00. The van der Waals surface area contributed by atoms with Crippen molar-refractivity contribution in [3.8, 4) is 17.7 Å². The molecule has 1 N–H and O–H groups in total. The number of oxazole rings is 1. The van der Waals surface area contributed by atoms with E-state index in [-0.39, 0.29) is 23.4 Å². The average molecular weight is 441 g/mol. The minimum absolute atomic E-state index is 0.154. The van der Waals surface area contributed by atoms with Crippen molar-refractivity contribution in [1.29, 1.82) is 5.26 Å². The van der Waals surface area contributed by atoms with Gasteiger partial charge in [0.15, 0.2) is 10.9 Å². The fraction of sp³-hybridized carbons (Fsp3) is 0.350. The van der Waals surface area contributed by atoms with E-state index in [1.54, 1.807) is 19.1 Å². The van der Waals surface area contributed by atoms with Gasteiger partial charge in [-0.2, -0.15) is 10.2 Å². The molecule has 31 heavy (non-hydrogen) atoms. The quantitative estimate of drug-likeness (QED) is 0.592. The number of hydrogen-bond acceptors (Lipinski definition) is 10. The van der Waals surface area contributed by atoms with Gasteiger partial charge >= 0.3 is 5.97 Å². The summed E-state index contributed by atoms with van der Waals surface area (Å²) in [6.07, 6.45) is 2.65. The maximum Gasteiger partial charge on any atom is 0.350 e. The van der Waals surface area contributed by atoms with E-state index in [1.165, 1.54) is 13.4 Å². The van der Waals surface area contributed by atoms with Crippen LogP contribution in [0, 0.1) is 24.2 Å². The summed E-state index contributed by atoms with van der Waals surface area (Å²) >= 11 is 1.09. The highest BCUT2D eigenvalue weighted by Crippen LogP contribution is 2.32. The van der Waals surface area contributed by atoms with Crippen LogP contribution in [-0.2, 0) is 9.53 Å². The zero-order valence-corrected chi connectivity index (χ0v) is 17.7. The fourth-order valence-electron chi connectivity index (χ4n) is 3.39. The Morgan fingerprint density at radius 2 is 2.13 bits per heavy atom. The van der Waals surface area contributed by atoms with E-state index in [0.29, 0.717) is 53.3 Å². The van der Waals surface area contributed by atoms with Gasteiger partial charge in [-0.05, 0) is 31.9 Å². The van der Waals surface area contributed by atoms with Gasteiger partial charge in [0.2, 0.25) is 17.5 Å². The highest BCUT2D eigenvalue weighted by atomic mass is 32.1. The number of nitrogens with zero attached hydrogens (tertiary/aromatic N) is 4. The van der Waals surface area contributed by atoms with E-state index in [1.807, 2.05) is 4.90 Å². The molecule has 0 aromatic carbocycles. The van der Waals surface area contributed by atoms with E-state index < -0.39 is 5.97 Å². The first-order valence-corrected chi connectivity index (χ1v) is 10.4. The smallest absolute Gasteiger partial charge is 0.350 e. The van der Waals surface area contributed by atoms with Crippen molar-refractivity contribution in [2.45, 2.75) is 19.8 Å². The van der Waals surface area contributed by atoms with Gasteiger partial charge in [-0.25, -0.2) is 9.78 Å². The number of anilines is 2. The molecule has 3 aromatic heterocycles. The number of nitriles is 1. The van der Waals surface area contributed by atoms with E-state index in [4.69, 9.17) is 13.6 Å². The zero-order valence-electron chi connectivity index (χ0n) is 16.9. The Balaban J connectivity index is 1.39. The van der Waals surface area contributed by atoms with Crippen molar-refractivity contribution in [3.05, 3.63) is 34.7 Å². The topological polar surface area (TPSA) is 134 Å². The largest absolute Gasteiger partial charge is 0.465 e. The van der Waals surface area contributed by atoms with Crippen molar-refractivity contribution in [2.24, 2.45) is 5.92 Å². The van der Waals surface area contributed by atoms with Crippen LogP contribution in [0.5, 0.6) is 0 Å². The third-order valence-corrected chi connectivity index (χ3v) is 6.05. The number of piperidine rings is 1. The van der Waals surface area contributed by atoms with Gasteiger partial charge in [-0.1, -0.05) is 11.3 Å². The van der Waals surface area contributed by atoms with Gasteiger partial charge in [-0.15, -0.1) is 0 Å². The molecule has 1 saturated heterocycles. The lowest BCUT2D eigenvalue weighted by Gasteiger charge is -2.30. The average Bonchev–Trinajstić information content (AvgIpc) is 3.52. The van der Waals surface area contributed by atoms with Gasteiger partial charge in [-0.3, -0.25) is 4.79 Å². The van der Waals surface area contributed by atoms with Crippen molar-refractivity contribution in [3.63, 3.8) is 0 Å². The minimum atomic E-state index is -0.474. The Kier molecular flexibility index (Phi) is 5.73. The highest BCUT2D eigenvalue weighted by molar-refractivity contribution is 7.17. The number of ether oxygens (including phenoxy) is 1. The summed E-state index contributed by atoms with van der Waals surface area (Å²) in [5.41, 5.74) is 0.701. The van der Waals surface area contributed by atoms with E-state index in [9.17, 15) is 14.9 Å². The van der Waals surface area contributed by atoms with Gasteiger partial charge < -0.3 is 23.8 Å². The molecule has 1 fully saturated rings. The molecule has 1 amide bonds. The first-order chi connectivity index (χ1) is 15.0. The molecule has 1 aliphatic heterocycles. The summed E-state index contributed by atoms with van der Waals surface area (Å²) in [6, 6.07) is 5.47. The predicted octanol–water partition coefficient (Wildman–Crippen LogP) is 3.21. The molecule has 0 unspecified atom stereocenters. The van der Waals surface area contributed by atoms with E-state index in [2.05, 4.69) is 21.4 Å². The second kappa shape index (κ2) is 8.61. The number of hydrogen-bond donors (Lipinski definition) is 1. The van der Waals surface area contributed by atoms with Gasteiger partial charge in [0.25, 0.3) is 5.89 Å². The van der Waals surface area contributed by atoms with Crippen LogP contribution in [0.2, 0.25) is 0 Å². The first kappa shape index (κ1) is 20.6. The summed E-state index contributed by atoms with van der Waals surface area (Å²) in [7, 11) is 1.30. The highest BCUT2D eigenvalue weighted by Gasteiger charge is 2.30. The third kappa shape index (κ3) is 4.15. The molecule has 3 aromatic rings. The molecular formula is C20H19N5O5S. The molecule has 4 heterocycles. The van der Waals surface area contributed by atoms with Gasteiger partial charge in [0, 0.05) is 19.0 Å². The normalized spacial score (nSPS) is 14.3. The maximum absolute atomic E-state index is 12.7. The summed E-state index contributed by atoms with van der Waals surface area (Å²) in [5, 5.41) is 12.6. The lowest BCUT2D eigenvalue weighted by molar-refractivity contribution is -0.120. The van der Waals surface area contributed by atoms with Crippen molar-refractivity contribution in [2.75, 3.05) is 30.4 Å². The molecule has 10 nitrogen and oxygen atoms in total. The summed E-state index contributed by atoms with van der Waals surface area (Å²) in [4.78, 5) is 35.1. The van der Waals surface area contributed by atoms with Crippen LogP contribution >= 0.6 is 11.3 Å². The number of furan rings is 1. The second-order valence-corrected chi connectivity index (χ2v) is 7.94. The van der Waals surface area contributed by atoms with Crippen LogP contribution in [0.1, 0.15) is 33.9 Å². The molecule has 1 aliphatic rings. The molecule has 0 bridgehead atoms. The minimum Gasteiger partial charge on any atom is -0.465 e. The Hall–Kier alpha value is -3.65. The Morgan fingerprint density at radius 3 is 2.77 bits per heavy atom. The zero-order chi connectivity index (χ0) is 22.0. The number of aryl methyl sites for hydroxylation is 1. The number of rotatable bonds is 5. The number of carbonyl (C=O) groups is 2. The summed E-state index contributed by atoms with van der Waals surface area (Å²) in [6.45, 7) is 2.76. The van der Waals surface area contributed by atoms with E-state index >= 15 is 0 Å². The molecule has 0 radical (unpaired) electrons. The molecule has 4 rings (SSSR count). The number of methoxy groups -OCH3 is 1. The Labute approximate surface area is 181 Å².